The van der Waals surface area contributed by atoms with Gasteiger partial charge in [0.15, 0.2) is 0 Å². The Morgan fingerprint density at radius 3 is 2.16 bits per heavy atom. The summed E-state index contributed by atoms with van der Waals surface area (Å²) in [7, 11) is 0. The molecule has 2 rings (SSSR count). The van der Waals surface area contributed by atoms with Crippen LogP contribution in [0, 0.1) is 0 Å². The van der Waals surface area contributed by atoms with Crippen LogP contribution in [0.1, 0.15) is 12.5 Å². The van der Waals surface area contributed by atoms with Crippen molar-refractivity contribution < 1.29 is 4.79 Å². The zero-order valence-corrected chi connectivity index (χ0v) is 11.0. The van der Waals surface area contributed by atoms with Crippen molar-refractivity contribution in [2.75, 3.05) is 11.4 Å². The molecule has 1 amide bonds. The van der Waals surface area contributed by atoms with Gasteiger partial charge in [0.25, 0.3) is 5.91 Å². The highest BCUT2D eigenvalue weighted by atomic mass is 16.2. The SMILES string of the molecule is CCN(C(=O)/C=C/c1ccccc1)c1ccccc1. The van der Waals surface area contributed by atoms with Gasteiger partial charge >= 0.3 is 0 Å². The monoisotopic (exact) mass is 251 g/mol. The van der Waals surface area contributed by atoms with E-state index in [0.717, 1.165) is 11.3 Å². The summed E-state index contributed by atoms with van der Waals surface area (Å²) in [5.41, 5.74) is 1.95. The largest absolute Gasteiger partial charge is 0.309 e. The molecule has 0 aliphatic heterocycles. The van der Waals surface area contributed by atoms with E-state index >= 15 is 0 Å². The van der Waals surface area contributed by atoms with Crippen LogP contribution in [0.4, 0.5) is 5.69 Å². The lowest BCUT2D eigenvalue weighted by atomic mass is 10.2. The van der Waals surface area contributed by atoms with Gasteiger partial charge in [-0.25, -0.2) is 0 Å². The van der Waals surface area contributed by atoms with E-state index < -0.39 is 0 Å². The first-order chi connectivity index (χ1) is 9.31. The van der Waals surface area contributed by atoms with Gasteiger partial charge in [-0.05, 0) is 30.7 Å². The number of anilines is 1. The first-order valence-corrected chi connectivity index (χ1v) is 6.41. The van der Waals surface area contributed by atoms with Crippen LogP contribution in [0.15, 0.2) is 66.7 Å². The Bertz CT molecular complexity index is 546. The highest BCUT2D eigenvalue weighted by Gasteiger charge is 2.09. The summed E-state index contributed by atoms with van der Waals surface area (Å²) in [6.45, 7) is 2.63. The number of nitrogens with zero attached hydrogens (tertiary/aromatic N) is 1. The van der Waals surface area contributed by atoms with Crippen molar-refractivity contribution in [2.45, 2.75) is 6.92 Å². The van der Waals surface area contributed by atoms with Gasteiger partial charge in [0.05, 0.1) is 0 Å². The number of hydrogen-bond donors (Lipinski definition) is 0. The average molecular weight is 251 g/mol. The lowest BCUT2D eigenvalue weighted by Gasteiger charge is -2.19. The van der Waals surface area contributed by atoms with Gasteiger partial charge in [-0.1, -0.05) is 48.5 Å². The quantitative estimate of drug-likeness (QED) is 0.758. The van der Waals surface area contributed by atoms with Gasteiger partial charge in [-0.15, -0.1) is 0 Å². The summed E-state index contributed by atoms with van der Waals surface area (Å²) in [4.78, 5) is 13.9. The Kier molecular flexibility index (Phi) is 4.51. The van der Waals surface area contributed by atoms with Crippen LogP contribution < -0.4 is 4.90 Å². The van der Waals surface area contributed by atoms with Crippen LogP contribution in [0.2, 0.25) is 0 Å². The molecule has 2 heteroatoms. The molecular weight excluding hydrogens is 234 g/mol. The summed E-state index contributed by atoms with van der Waals surface area (Å²) in [6.07, 6.45) is 3.46. The fourth-order valence-corrected chi connectivity index (χ4v) is 1.90. The molecule has 0 unspecified atom stereocenters. The Balaban J connectivity index is 2.12. The number of amides is 1. The number of para-hydroxylation sites is 1. The van der Waals surface area contributed by atoms with E-state index in [1.165, 1.54) is 0 Å². The van der Waals surface area contributed by atoms with Crippen LogP contribution in [0.3, 0.4) is 0 Å². The van der Waals surface area contributed by atoms with Crippen molar-refractivity contribution in [1.29, 1.82) is 0 Å². The predicted molar refractivity (Wildman–Crippen MR) is 79.9 cm³/mol. The maximum Gasteiger partial charge on any atom is 0.250 e. The van der Waals surface area contributed by atoms with Gasteiger partial charge in [0.1, 0.15) is 0 Å². The third-order valence-corrected chi connectivity index (χ3v) is 2.87. The molecule has 0 spiro atoms. The summed E-state index contributed by atoms with van der Waals surface area (Å²) in [6, 6.07) is 19.5. The topological polar surface area (TPSA) is 20.3 Å². The van der Waals surface area contributed by atoms with E-state index in [2.05, 4.69) is 0 Å². The van der Waals surface area contributed by atoms with E-state index in [0.29, 0.717) is 6.54 Å². The predicted octanol–water partition coefficient (Wildman–Crippen LogP) is 3.75. The minimum atomic E-state index is -0.00227. The lowest BCUT2D eigenvalue weighted by molar-refractivity contribution is -0.114. The maximum absolute atomic E-state index is 12.2. The molecular formula is C17H17NO. The second kappa shape index (κ2) is 6.55. The zero-order valence-electron chi connectivity index (χ0n) is 11.0. The normalized spacial score (nSPS) is 10.6. The average Bonchev–Trinajstić information content (AvgIpc) is 2.48. The number of rotatable bonds is 4. The van der Waals surface area contributed by atoms with E-state index in [1.54, 1.807) is 11.0 Å². The number of likely N-dealkylation sites (N-methyl/N-ethyl adjacent to an activating group) is 1. The fourth-order valence-electron chi connectivity index (χ4n) is 1.90. The smallest absolute Gasteiger partial charge is 0.250 e. The van der Waals surface area contributed by atoms with Crippen LogP contribution in [-0.4, -0.2) is 12.5 Å². The van der Waals surface area contributed by atoms with Crippen LogP contribution in [-0.2, 0) is 4.79 Å². The van der Waals surface area contributed by atoms with Crippen molar-refractivity contribution in [3.05, 3.63) is 72.3 Å². The van der Waals surface area contributed by atoms with Gasteiger partial charge in [0.2, 0.25) is 0 Å². The van der Waals surface area contributed by atoms with Crippen LogP contribution in [0.5, 0.6) is 0 Å². The van der Waals surface area contributed by atoms with Gasteiger partial charge in [-0.2, -0.15) is 0 Å². The Morgan fingerprint density at radius 1 is 1.00 bits per heavy atom. The number of hydrogen-bond acceptors (Lipinski definition) is 1. The summed E-state index contributed by atoms with van der Waals surface area (Å²) >= 11 is 0. The zero-order chi connectivity index (χ0) is 13.5. The van der Waals surface area contributed by atoms with Gasteiger partial charge < -0.3 is 4.90 Å². The Labute approximate surface area is 114 Å². The molecule has 0 saturated heterocycles. The van der Waals surface area contributed by atoms with E-state index in [4.69, 9.17) is 0 Å². The van der Waals surface area contributed by atoms with E-state index in [9.17, 15) is 4.79 Å². The van der Waals surface area contributed by atoms with Crippen molar-refractivity contribution in [1.82, 2.24) is 0 Å². The van der Waals surface area contributed by atoms with Gasteiger partial charge in [0, 0.05) is 18.3 Å². The first kappa shape index (κ1) is 13.1. The van der Waals surface area contributed by atoms with E-state index in [1.807, 2.05) is 73.7 Å². The van der Waals surface area contributed by atoms with Crippen molar-refractivity contribution >= 4 is 17.7 Å². The summed E-state index contributed by atoms with van der Waals surface area (Å²) < 4.78 is 0. The molecule has 96 valence electrons. The molecule has 2 aromatic rings. The molecule has 0 aliphatic rings. The molecule has 2 aromatic carbocycles. The number of benzene rings is 2. The van der Waals surface area contributed by atoms with Crippen molar-refractivity contribution in [2.24, 2.45) is 0 Å². The molecule has 0 aliphatic carbocycles. The molecule has 2 nitrogen and oxygen atoms in total. The molecule has 0 fully saturated rings. The van der Waals surface area contributed by atoms with Crippen LogP contribution >= 0.6 is 0 Å². The first-order valence-electron chi connectivity index (χ1n) is 6.41. The summed E-state index contributed by atoms with van der Waals surface area (Å²) in [5.74, 6) is -0.00227. The fraction of sp³-hybridized carbons (Fsp3) is 0.118. The van der Waals surface area contributed by atoms with Gasteiger partial charge in [-0.3, -0.25) is 4.79 Å². The highest BCUT2D eigenvalue weighted by molar-refractivity contribution is 6.03. The molecule has 0 saturated carbocycles. The molecule has 0 radical (unpaired) electrons. The van der Waals surface area contributed by atoms with Crippen molar-refractivity contribution in [3.8, 4) is 0 Å². The molecule has 0 atom stereocenters. The molecule has 0 aromatic heterocycles. The highest BCUT2D eigenvalue weighted by Crippen LogP contribution is 2.13. The molecule has 0 N–H and O–H groups in total. The Morgan fingerprint density at radius 2 is 1.58 bits per heavy atom. The third kappa shape index (κ3) is 3.55. The Hall–Kier alpha value is -2.35. The third-order valence-electron chi connectivity index (χ3n) is 2.87. The lowest BCUT2D eigenvalue weighted by Crippen LogP contribution is -2.28. The minimum absolute atomic E-state index is 0.00227. The molecule has 0 bridgehead atoms. The van der Waals surface area contributed by atoms with Crippen LogP contribution in [0.25, 0.3) is 6.08 Å². The second-order valence-corrected chi connectivity index (χ2v) is 4.16. The number of carbonyl (C=O) groups excluding carboxylic acids is 1. The van der Waals surface area contributed by atoms with Crippen molar-refractivity contribution in [3.63, 3.8) is 0 Å². The standard InChI is InChI=1S/C17H17NO/c1-2-18(16-11-7-4-8-12-16)17(19)14-13-15-9-5-3-6-10-15/h3-14H,2H2,1H3/b14-13+. The summed E-state index contributed by atoms with van der Waals surface area (Å²) in [5, 5.41) is 0. The minimum Gasteiger partial charge on any atom is -0.309 e. The molecule has 0 heterocycles. The maximum atomic E-state index is 12.2. The second-order valence-electron chi connectivity index (χ2n) is 4.16. The molecule has 19 heavy (non-hydrogen) atoms. The number of carbonyl (C=O) groups is 1. The van der Waals surface area contributed by atoms with E-state index in [-0.39, 0.29) is 5.91 Å².